The molecule has 2 aliphatic heterocycles. The first-order valence-corrected chi connectivity index (χ1v) is 13.2. The van der Waals surface area contributed by atoms with Crippen molar-refractivity contribution in [1.82, 2.24) is 9.55 Å². The van der Waals surface area contributed by atoms with Crippen LogP contribution in [0.25, 0.3) is 33.1 Å². The van der Waals surface area contributed by atoms with Gasteiger partial charge in [0.15, 0.2) is 35.7 Å². The van der Waals surface area contributed by atoms with Crippen molar-refractivity contribution >= 4 is 37.7 Å². The molecule has 0 saturated heterocycles. The number of nitrogens with zero attached hydrogens (tertiary/aromatic N) is 3. The molecule has 1 N–H and O–H groups in total. The summed E-state index contributed by atoms with van der Waals surface area (Å²) in [5.74, 6) is 2.84. The summed E-state index contributed by atoms with van der Waals surface area (Å²) in [6.45, 7) is 1.57. The van der Waals surface area contributed by atoms with E-state index in [9.17, 15) is 5.11 Å². The Bertz CT molecular complexity index is 1720. The van der Waals surface area contributed by atoms with E-state index in [1.165, 1.54) is 5.56 Å². The van der Waals surface area contributed by atoms with Crippen LogP contribution in [0.1, 0.15) is 5.56 Å². The number of ether oxygens (including phenoxy) is 4. The number of methoxy groups -OCH3 is 1. The van der Waals surface area contributed by atoms with Gasteiger partial charge in [0.05, 0.1) is 42.0 Å². The molecular weight excluding hydrogens is 550 g/mol. The Kier molecular flexibility index (Phi) is 5.63. The molecule has 0 fully saturated rings. The fraction of sp³-hybridized carbons (Fsp3) is 0.241. The summed E-state index contributed by atoms with van der Waals surface area (Å²) in [6.07, 6.45) is 4.01. The molecular formula is C29H25BrN3O5+. The van der Waals surface area contributed by atoms with E-state index < -0.39 is 6.10 Å². The van der Waals surface area contributed by atoms with E-state index in [2.05, 4.69) is 49.9 Å². The highest BCUT2D eigenvalue weighted by molar-refractivity contribution is 9.10. The zero-order valence-corrected chi connectivity index (χ0v) is 22.3. The zero-order valence-electron chi connectivity index (χ0n) is 20.7. The molecule has 0 bridgehead atoms. The predicted octanol–water partition coefficient (Wildman–Crippen LogP) is 4.64. The lowest BCUT2D eigenvalue weighted by molar-refractivity contribution is -0.686. The van der Waals surface area contributed by atoms with Crippen LogP contribution in [-0.2, 0) is 19.5 Å². The van der Waals surface area contributed by atoms with E-state index in [1.54, 1.807) is 13.4 Å². The number of hydrogen-bond acceptors (Lipinski definition) is 6. The number of rotatable bonds is 6. The van der Waals surface area contributed by atoms with Crippen LogP contribution in [0.2, 0.25) is 0 Å². The Balaban J connectivity index is 1.19. The molecule has 2 aromatic heterocycles. The van der Waals surface area contributed by atoms with E-state index in [1.807, 2.05) is 34.9 Å². The SMILES string of the molecule is COc1ccc2cc3[n+](cc2c1OCC(O)Cn1cnc2cc(Br)ccc21)CCc1cc2c(cc1-3)OCO2. The number of aryl methyl sites for hydroxylation is 2. The van der Waals surface area contributed by atoms with Crippen molar-refractivity contribution in [2.75, 3.05) is 20.5 Å². The largest absolute Gasteiger partial charge is 0.493 e. The van der Waals surface area contributed by atoms with E-state index in [0.717, 1.165) is 62.0 Å². The number of aliphatic hydroxyl groups is 1. The van der Waals surface area contributed by atoms with Gasteiger partial charge >= 0.3 is 0 Å². The van der Waals surface area contributed by atoms with Crippen LogP contribution in [0.15, 0.2) is 65.5 Å². The van der Waals surface area contributed by atoms with Gasteiger partial charge in [0.1, 0.15) is 12.7 Å². The van der Waals surface area contributed by atoms with Gasteiger partial charge < -0.3 is 28.6 Å². The first-order chi connectivity index (χ1) is 18.6. The number of aliphatic hydroxyl groups excluding tert-OH is 1. The molecule has 9 heteroatoms. The molecule has 0 saturated carbocycles. The minimum Gasteiger partial charge on any atom is -0.493 e. The number of pyridine rings is 1. The molecule has 0 spiro atoms. The highest BCUT2D eigenvalue weighted by Crippen LogP contribution is 2.41. The summed E-state index contributed by atoms with van der Waals surface area (Å²) in [7, 11) is 1.63. The molecule has 5 aromatic rings. The zero-order chi connectivity index (χ0) is 25.8. The number of aromatic nitrogens is 3. The summed E-state index contributed by atoms with van der Waals surface area (Å²) in [5, 5.41) is 12.8. The molecule has 0 aliphatic carbocycles. The topological polar surface area (TPSA) is 78.9 Å². The molecule has 1 unspecified atom stereocenters. The summed E-state index contributed by atoms with van der Waals surface area (Å²) >= 11 is 3.48. The van der Waals surface area contributed by atoms with E-state index in [0.29, 0.717) is 18.0 Å². The van der Waals surface area contributed by atoms with Gasteiger partial charge in [0.2, 0.25) is 12.5 Å². The Hall–Kier alpha value is -3.82. The Morgan fingerprint density at radius 2 is 2.00 bits per heavy atom. The second-order valence-corrected chi connectivity index (χ2v) is 10.5. The summed E-state index contributed by atoms with van der Waals surface area (Å²) in [5.41, 5.74) is 5.35. The Labute approximate surface area is 227 Å². The van der Waals surface area contributed by atoms with E-state index >= 15 is 0 Å². The van der Waals surface area contributed by atoms with Crippen molar-refractivity contribution < 1.29 is 28.6 Å². The molecule has 4 heterocycles. The average Bonchev–Trinajstić information content (AvgIpc) is 3.55. The van der Waals surface area contributed by atoms with Crippen molar-refractivity contribution in [3.8, 4) is 34.3 Å². The van der Waals surface area contributed by atoms with Gasteiger partial charge in [-0.05, 0) is 53.4 Å². The van der Waals surface area contributed by atoms with Crippen LogP contribution in [0, 0.1) is 0 Å². The lowest BCUT2D eigenvalue weighted by Crippen LogP contribution is -2.40. The molecule has 3 aromatic carbocycles. The van der Waals surface area contributed by atoms with Crippen LogP contribution >= 0.6 is 15.9 Å². The lowest BCUT2D eigenvalue weighted by atomic mass is 9.95. The third kappa shape index (κ3) is 3.93. The Morgan fingerprint density at radius 1 is 1.13 bits per heavy atom. The molecule has 0 radical (unpaired) electrons. The van der Waals surface area contributed by atoms with Gasteiger partial charge in [-0.1, -0.05) is 15.9 Å². The van der Waals surface area contributed by atoms with Crippen molar-refractivity contribution in [3.05, 3.63) is 71.1 Å². The van der Waals surface area contributed by atoms with Crippen molar-refractivity contribution in [3.63, 3.8) is 0 Å². The third-order valence-electron chi connectivity index (χ3n) is 7.21. The van der Waals surface area contributed by atoms with E-state index in [4.69, 9.17) is 18.9 Å². The summed E-state index contributed by atoms with van der Waals surface area (Å²) in [6, 6.07) is 16.2. The minimum atomic E-state index is -0.738. The maximum absolute atomic E-state index is 10.9. The monoisotopic (exact) mass is 574 g/mol. The van der Waals surface area contributed by atoms with Crippen molar-refractivity contribution in [2.24, 2.45) is 0 Å². The first kappa shape index (κ1) is 23.3. The molecule has 7 rings (SSSR count). The van der Waals surface area contributed by atoms with Gasteiger partial charge in [-0.2, -0.15) is 4.57 Å². The highest BCUT2D eigenvalue weighted by Gasteiger charge is 2.29. The lowest BCUT2D eigenvalue weighted by Gasteiger charge is -2.19. The highest BCUT2D eigenvalue weighted by atomic mass is 79.9. The van der Waals surface area contributed by atoms with Gasteiger partial charge in [-0.3, -0.25) is 0 Å². The van der Waals surface area contributed by atoms with Crippen molar-refractivity contribution in [2.45, 2.75) is 25.6 Å². The van der Waals surface area contributed by atoms with Gasteiger partial charge in [0.25, 0.3) is 0 Å². The van der Waals surface area contributed by atoms with Crippen molar-refractivity contribution in [1.29, 1.82) is 0 Å². The molecule has 8 nitrogen and oxygen atoms in total. The summed E-state index contributed by atoms with van der Waals surface area (Å²) < 4.78 is 28.2. The van der Waals surface area contributed by atoms with Crippen LogP contribution < -0.4 is 23.5 Å². The second-order valence-electron chi connectivity index (χ2n) is 9.56. The van der Waals surface area contributed by atoms with Gasteiger partial charge in [0, 0.05) is 17.0 Å². The molecule has 1 atom stereocenters. The quantitative estimate of drug-likeness (QED) is 0.298. The second kappa shape index (κ2) is 9.18. The Morgan fingerprint density at radius 3 is 2.87 bits per heavy atom. The minimum absolute atomic E-state index is 0.111. The number of imidazole rings is 1. The standard InChI is InChI=1S/C29H25BrN3O5/c1-35-26-5-2-17-8-25-21-11-28-27(37-16-38-28)9-18(21)6-7-32(25)13-22(17)29(26)36-14-20(34)12-33-15-31-23-10-19(30)3-4-24(23)33/h2-5,8-11,13,15,20,34H,6-7,12,14,16H2,1H3/q+1. The van der Waals surface area contributed by atoms with Crippen LogP contribution in [-0.4, -0.2) is 41.3 Å². The van der Waals surface area contributed by atoms with E-state index in [-0.39, 0.29) is 13.4 Å². The smallest absolute Gasteiger partial charge is 0.231 e. The number of benzene rings is 3. The number of fused-ring (bicyclic) bond motifs is 6. The molecule has 2 aliphatic rings. The van der Waals surface area contributed by atoms with Gasteiger partial charge in [-0.15, -0.1) is 0 Å². The van der Waals surface area contributed by atoms with Crippen LogP contribution in [0.3, 0.4) is 0 Å². The van der Waals surface area contributed by atoms with Gasteiger partial charge in [-0.25, -0.2) is 4.98 Å². The summed E-state index contributed by atoms with van der Waals surface area (Å²) in [4.78, 5) is 4.44. The normalized spacial score (nSPS) is 14.4. The third-order valence-corrected chi connectivity index (χ3v) is 7.70. The first-order valence-electron chi connectivity index (χ1n) is 12.5. The molecule has 192 valence electrons. The predicted molar refractivity (Wildman–Crippen MR) is 145 cm³/mol. The molecule has 0 amide bonds. The number of halogens is 1. The average molecular weight is 575 g/mol. The van der Waals surface area contributed by atoms with Crippen LogP contribution in [0.5, 0.6) is 23.0 Å². The fourth-order valence-corrected chi connectivity index (χ4v) is 5.70. The molecule has 38 heavy (non-hydrogen) atoms. The van der Waals surface area contributed by atoms with Crippen LogP contribution in [0.4, 0.5) is 0 Å². The fourth-order valence-electron chi connectivity index (χ4n) is 5.35. The maximum Gasteiger partial charge on any atom is 0.231 e. The maximum atomic E-state index is 10.9. The number of hydrogen-bond donors (Lipinski definition) is 1.